The molecule has 0 aromatic heterocycles. The van der Waals surface area contributed by atoms with E-state index in [4.69, 9.17) is 4.74 Å². The lowest BCUT2D eigenvalue weighted by Crippen LogP contribution is -2.21. The molecule has 0 radical (unpaired) electrons. The number of amides is 2. The number of nitrogens with one attached hydrogen (secondary N) is 3. The molecule has 0 unspecified atom stereocenters. The SMILES string of the molecule is O=C(CNc1ccc(OCCCc2ccccc2)cc1)Nc1cccc(NC(=O)c2ccccc2)c1. The Morgan fingerprint density at radius 3 is 2.06 bits per heavy atom. The summed E-state index contributed by atoms with van der Waals surface area (Å²) in [5.74, 6) is 0.402. The number of benzene rings is 4. The number of carbonyl (C=O) groups excluding carboxylic acids is 2. The van der Waals surface area contributed by atoms with E-state index < -0.39 is 0 Å². The molecule has 0 heterocycles. The third kappa shape index (κ3) is 7.74. The van der Waals surface area contributed by atoms with Gasteiger partial charge >= 0.3 is 0 Å². The Balaban J connectivity index is 1.19. The number of ether oxygens (including phenoxy) is 1. The first-order valence-electron chi connectivity index (χ1n) is 11.9. The van der Waals surface area contributed by atoms with E-state index in [0.717, 1.165) is 24.3 Å². The van der Waals surface area contributed by atoms with Crippen LogP contribution in [0.5, 0.6) is 5.75 Å². The zero-order valence-corrected chi connectivity index (χ0v) is 19.9. The number of rotatable bonds is 11. The van der Waals surface area contributed by atoms with Crippen molar-refractivity contribution >= 4 is 28.9 Å². The lowest BCUT2D eigenvalue weighted by atomic mass is 10.1. The van der Waals surface area contributed by atoms with Gasteiger partial charge in [0.05, 0.1) is 13.2 Å². The van der Waals surface area contributed by atoms with Gasteiger partial charge < -0.3 is 20.7 Å². The average Bonchev–Trinajstić information content (AvgIpc) is 2.92. The molecule has 36 heavy (non-hydrogen) atoms. The summed E-state index contributed by atoms with van der Waals surface area (Å²) in [6.45, 7) is 0.757. The van der Waals surface area contributed by atoms with Crippen molar-refractivity contribution in [2.24, 2.45) is 0 Å². The molecule has 0 aliphatic rings. The summed E-state index contributed by atoms with van der Waals surface area (Å²) in [4.78, 5) is 24.8. The molecule has 0 saturated carbocycles. The van der Waals surface area contributed by atoms with Crippen LogP contribution in [-0.4, -0.2) is 25.0 Å². The summed E-state index contributed by atoms with van der Waals surface area (Å²) in [7, 11) is 0. The molecule has 0 saturated heterocycles. The molecule has 6 heteroatoms. The maximum absolute atomic E-state index is 12.4. The Morgan fingerprint density at radius 1 is 0.667 bits per heavy atom. The van der Waals surface area contributed by atoms with Crippen LogP contribution in [-0.2, 0) is 11.2 Å². The van der Waals surface area contributed by atoms with Crippen molar-refractivity contribution in [2.45, 2.75) is 12.8 Å². The number of aryl methyl sites for hydroxylation is 1. The predicted molar refractivity (Wildman–Crippen MR) is 145 cm³/mol. The third-order valence-corrected chi connectivity index (χ3v) is 5.47. The molecule has 4 aromatic rings. The van der Waals surface area contributed by atoms with Crippen molar-refractivity contribution in [1.29, 1.82) is 0 Å². The standard InChI is InChI=1S/C30H29N3O3/c34-29(32-26-14-7-15-27(21-26)33-30(35)24-12-5-2-6-13-24)22-31-25-16-18-28(19-17-25)36-20-8-11-23-9-3-1-4-10-23/h1-7,9-10,12-19,21,31H,8,11,20,22H2,(H,32,34)(H,33,35). The van der Waals surface area contributed by atoms with Gasteiger partial charge in [-0.25, -0.2) is 0 Å². The van der Waals surface area contributed by atoms with Crippen LogP contribution in [0.25, 0.3) is 0 Å². The van der Waals surface area contributed by atoms with E-state index in [0.29, 0.717) is 23.5 Å². The first-order valence-corrected chi connectivity index (χ1v) is 11.9. The lowest BCUT2D eigenvalue weighted by Gasteiger charge is -2.11. The fourth-order valence-electron chi connectivity index (χ4n) is 3.64. The Kier molecular flexibility index (Phi) is 8.70. The summed E-state index contributed by atoms with van der Waals surface area (Å²) < 4.78 is 5.82. The molecule has 3 N–H and O–H groups in total. The van der Waals surface area contributed by atoms with E-state index in [9.17, 15) is 9.59 Å². The molecule has 0 bridgehead atoms. The minimum atomic E-state index is -0.204. The molecular weight excluding hydrogens is 450 g/mol. The smallest absolute Gasteiger partial charge is 0.255 e. The van der Waals surface area contributed by atoms with Crippen molar-refractivity contribution in [3.8, 4) is 5.75 Å². The fraction of sp³-hybridized carbons (Fsp3) is 0.133. The lowest BCUT2D eigenvalue weighted by molar-refractivity contribution is -0.114. The monoisotopic (exact) mass is 479 g/mol. The van der Waals surface area contributed by atoms with Crippen molar-refractivity contribution in [3.05, 3.63) is 120 Å². The van der Waals surface area contributed by atoms with Crippen molar-refractivity contribution in [3.63, 3.8) is 0 Å². The normalized spacial score (nSPS) is 10.3. The molecule has 0 atom stereocenters. The van der Waals surface area contributed by atoms with Crippen LogP contribution in [0.15, 0.2) is 109 Å². The Labute approximate surface area is 211 Å². The van der Waals surface area contributed by atoms with E-state index >= 15 is 0 Å². The summed E-state index contributed by atoms with van der Waals surface area (Å²) in [5.41, 5.74) is 3.91. The Hall–Kier alpha value is -4.58. The number of carbonyl (C=O) groups is 2. The van der Waals surface area contributed by atoms with E-state index in [1.54, 1.807) is 36.4 Å². The Bertz CT molecular complexity index is 1260. The highest BCUT2D eigenvalue weighted by Gasteiger charge is 2.07. The molecule has 0 fully saturated rings. The van der Waals surface area contributed by atoms with Gasteiger partial charge in [0.2, 0.25) is 5.91 Å². The second-order valence-electron chi connectivity index (χ2n) is 8.26. The second-order valence-corrected chi connectivity index (χ2v) is 8.26. The van der Waals surface area contributed by atoms with Crippen molar-refractivity contribution in [2.75, 3.05) is 29.1 Å². The maximum atomic E-state index is 12.4. The summed E-state index contributed by atoms with van der Waals surface area (Å²) >= 11 is 0. The van der Waals surface area contributed by atoms with Gasteiger partial charge in [0.1, 0.15) is 5.75 Å². The van der Waals surface area contributed by atoms with E-state index in [1.165, 1.54) is 5.56 Å². The molecule has 0 aliphatic carbocycles. The first kappa shape index (κ1) is 24.5. The van der Waals surface area contributed by atoms with Crippen LogP contribution < -0.4 is 20.7 Å². The predicted octanol–water partition coefficient (Wildman–Crippen LogP) is 6.00. The zero-order valence-electron chi connectivity index (χ0n) is 19.9. The zero-order chi connectivity index (χ0) is 25.0. The van der Waals surface area contributed by atoms with Gasteiger partial charge in [0.25, 0.3) is 5.91 Å². The highest BCUT2D eigenvalue weighted by molar-refractivity contribution is 6.04. The summed E-state index contributed by atoms with van der Waals surface area (Å²) in [5, 5.41) is 8.80. The van der Waals surface area contributed by atoms with Crippen LogP contribution >= 0.6 is 0 Å². The van der Waals surface area contributed by atoms with E-state index in [1.807, 2.05) is 60.7 Å². The minimum absolute atomic E-state index is 0.109. The van der Waals surface area contributed by atoms with Crippen LogP contribution in [0.3, 0.4) is 0 Å². The van der Waals surface area contributed by atoms with Gasteiger partial charge in [0.15, 0.2) is 0 Å². The Morgan fingerprint density at radius 2 is 1.33 bits per heavy atom. The van der Waals surface area contributed by atoms with E-state index in [-0.39, 0.29) is 18.4 Å². The number of anilines is 3. The van der Waals surface area contributed by atoms with E-state index in [2.05, 4.69) is 28.1 Å². The van der Waals surface area contributed by atoms with Gasteiger partial charge in [-0.15, -0.1) is 0 Å². The van der Waals surface area contributed by atoms with Crippen LogP contribution in [0.1, 0.15) is 22.3 Å². The van der Waals surface area contributed by atoms with Gasteiger partial charge in [-0.05, 0) is 73.0 Å². The van der Waals surface area contributed by atoms with Crippen LogP contribution in [0.4, 0.5) is 17.1 Å². The highest BCUT2D eigenvalue weighted by Crippen LogP contribution is 2.18. The topological polar surface area (TPSA) is 79.5 Å². The van der Waals surface area contributed by atoms with Crippen LogP contribution in [0.2, 0.25) is 0 Å². The second kappa shape index (κ2) is 12.8. The third-order valence-electron chi connectivity index (χ3n) is 5.47. The summed E-state index contributed by atoms with van der Waals surface area (Å²) in [6.07, 6.45) is 1.93. The van der Waals surface area contributed by atoms with Crippen LogP contribution in [0, 0.1) is 0 Å². The number of hydrogen-bond acceptors (Lipinski definition) is 4. The molecule has 0 aliphatic heterocycles. The van der Waals surface area contributed by atoms with Gasteiger partial charge in [-0.2, -0.15) is 0 Å². The maximum Gasteiger partial charge on any atom is 0.255 e. The number of hydrogen-bond donors (Lipinski definition) is 3. The minimum Gasteiger partial charge on any atom is -0.494 e. The van der Waals surface area contributed by atoms with Gasteiger partial charge in [-0.3, -0.25) is 9.59 Å². The van der Waals surface area contributed by atoms with Gasteiger partial charge in [-0.1, -0.05) is 54.6 Å². The van der Waals surface area contributed by atoms with Gasteiger partial charge in [0, 0.05) is 22.6 Å². The highest BCUT2D eigenvalue weighted by atomic mass is 16.5. The quantitative estimate of drug-likeness (QED) is 0.231. The molecule has 182 valence electrons. The fourth-order valence-corrected chi connectivity index (χ4v) is 3.64. The first-order chi connectivity index (χ1) is 17.7. The van der Waals surface area contributed by atoms with Crippen molar-refractivity contribution in [1.82, 2.24) is 0 Å². The largest absolute Gasteiger partial charge is 0.494 e. The molecule has 6 nitrogen and oxygen atoms in total. The molecule has 0 spiro atoms. The summed E-state index contributed by atoms with van der Waals surface area (Å²) in [6, 6.07) is 34.0. The molecule has 4 aromatic carbocycles. The molecule has 4 rings (SSSR count). The molecule has 2 amide bonds. The molecular formula is C30H29N3O3. The van der Waals surface area contributed by atoms with Crippen molar-refractivity contribution < 1.29 is 14.3 Å². The average molecular weight is 480 g/mol.